The third-order valence-electron chi connectivity index (χ3n) is 6.00. The molecular weight excluding hydrogens is 390 g/mol. The van der Waals surface area contributed by atoms with Gasteiger partial charge in [-0.05, 0) is 69.9 Å². The molecule has 1 aromatic carbocycles. The van der Waals surface area contributed by atoms with Gasteiger partial charge >= 0.3 is 0 Å². The van der Waals surface area contributed by atoms with E-state index in [0.717, 1.165) is 66.1 Å². The number of rotatable bonds is 6. The van der Waals surface area contributed by atoms with Crippen molar-refractivity contribution in [1.82, 2.24) is 14.1 Å². The van der Waals surface area contributed by atoms with Gasteiger partial charge in [0.05, 0.1) is 29.8 Å². The van der Waals surface area contributed by atoms with Crippen LogP contribution in [-0.4, -0.2) is 39.5 Å². The van der Waals surface area contributed by atoms with Gasteiger partial charge in [0, 0.05) is 37.9 Å². The number of aromatic nitrogens is 3. The Morgan fingerprint density at radius 3 is 2.58 bits per heavy atom. The highest BCUT2D eigenvalue weighted by atomic mass is 16.5. The Hall–Kier alpha value is -2.44. The van der Waals surface area contributed by atoms with Crippen LogP contribution >= 0.6 is 0 Å². The molecule has 1 fully saturated rings. The van der Waals surface area contributed by atoms with Gasteiger partial charge in [-0.1, -0.05) is 6.07 Å². The summed E-state index contributed by atoms with van der Waals surface area (Å²) in [5.74, 6) is 1.53. The highest BCUT2D eigenvalue weighted by Crippen LogP contribution is 2.32. The van der Waals surface area contributed by atoms with Gasteiger partial charge in [0.25, 0.3) is 5.56 Å². The second-order valence-corrected chi connectivity index (χ2v) is 8.99. The van der Waals surface area contributed by atoms with Crippen LogP contribution in [0.5, 0.6) is 0 Å². The molecule has 1 atom stereocenters. The molecule has 0 radical (unpaired) electrons. The van der Waals surface area contributed by atoms with Gasteiger partial charge in [0.2, 0.25) is 0 Å². The minimum atomic E-state index is 0.0383. The molecule has 1 unspecified atom stereocenters. The van der Waals surface area contributed by atoms with Crippen molar-refractivity contribution in [2.24, 2.45) is 7.05 Å². The molecular formula is C25H33N3O3. The average Bonchev–Trinajstić information content (AvgIpc) is 3.09. The van der Waals surface area contributed by atoms with Crippen molar-refractivity contribution < 1.29 is 9.47 Å². The number of benzene rings is 1. The lowest BCUT2D eigenvalue weighted by atomic mass is 9.99. The Labute approximate surface area is 183 Å². The molecule has 0 N–H and O–H groups in total. The van der Waals surface area contributed by atoms with E-state index >= 15 is 0 Å². The molecule has 0 aliphatic carbocycles. The lowest BCUT2D eigenvalue weighted by Gasteiger charge is -2.24. The van der Waals surface area contributed by atoms with Crippen molar-refractivity contribution in [3.63, 3.8) is 0 Å². The van der Waals surface area contributed by atoms with Crippen molar-refractivity contribution in [3.05, 3.63) is 52.2 Å². The van der Waals surface area contributed by atoms with E-state index in [1.807, 2.05) is 19.2 Å². The zero-order chi connectivity index (χ0) is 22.1. The van der Waals surface area contributed by atoms with Gasteiger partial charge in [-0.15, -0.1) is 0 Å². The molecule has 0 bridgehead atoms. The van der Waals surface area contributed by atoms with E-state index in [4.69, 9.17) is 14.5 Å². The fraction of sp³-hybridized carbons (Fsp3) is 0.520. The minimum absolute atomic E-state index is 0.0383. The van der Waals surface area contributed by atoms with Crippen LogP contribution in [0.3, 0.4) is 0 Å². The lowest BCUT2D eigenvalue weighted by Crippen LogP contribution is -2.24. The number of aryl methyl sites for hydroxylation is 2. The molecule has 1 saturated heterocycles. The van der Waals surface area contributed by atoms with Gasteiger partial charge in [-0.2, -0.15) is 0 Å². The molecule has 4 rings (SSSR count). The molecule has 6 nitrogen and oxygen atoms in total. The second kappa shape index (κ2) is 8.97. The topological polar surface area (TPSA) is 58.3 Å². The maximum absolute atomic E-state index is 12.1. The zero-order valence-electron chi connectivity index (χ0n) is 19.2. The number of hydrogen-bond donors (Lipinski definition) is 0. The number of nitrogens with zero attached hydrogens (tertiary/aromatic N) is 3. The van der Waals surface area contributed by atoms with Gasteiger partial charge < -0.3 is 18.6 Å². The number of pyridine rings is 1. The summed E-state index contributed by atoms with van der Waals surface area (Å²) in [6, 6.07) is 8.36. The van der Waals surface area contributed by atoms with E-state index < -0.39 is 0 Å². The second-order valence-electron chi connectivity index (χ2n) is 8.99. The summed E-state index contributed by atoms with van der Waals surface area (Å²) in [6.07, 6.45) is 4.16. The van der Waals surface area contributed by atoms with Crippen LogP contribution in [0.4, 0.5) is 0 Å². The fourth-order valence-corrected chi connectivity index (χ4v) is 4.58. The van der Waals surface area contributed by atoms with Crippen LogP contribution in [0.1, 0.15) is 50.9 Å². The average molecular weight is 424 g/mol. The Morgan fingerprint density at radius 1 is 1.16 bits per heavy atom. The Kier molecular flexibility index (Phi) is 6.30. The van der Waals surface area contributed by atoms with Crippen LogP contribution in [0.2, 0.25) is 0 Å². The molecule has 6 heteroatoms. The molecule has 0 spiro atoms. The van der Waals surface area contributed by atoms with Crippen LogP contribution < -0.4 is 5.56 Å². The summed E-state index contributed by atoms with van der Waals surface area (Å²) < 4.78 is 15.6. The SMILES string of the molecule is Cc1cc(-c2ccc3nc(C4CCOCC4)n(CC(C)OC(C)C)c3c2)cn(C)c1=O. The predicted molar refractivity (Wildman–Crippen MR) is 124 cm³/mol. The van der Waals surface area contributed by atoms with E-state index in [9.17, 15) is 4.79 Å². The van der Waals surface area contributed by atoms with Crippen molar-refractivity contribution in [1.29, 1.82) is 0 Å². The van der Waals surface area contributed by atoms with E-state index in [-0.39, 0.29) is 17.8 Å². The molecule has 0 saturated carbocycles. The van der Waals surface area contributed by atoms with E-state index in [1.54, 1.807) is 11.6 Å². The summed E-state index contributed by atoms with van der Waals surface area (Å²) in [7, 11) is 1.80. The Bertz CT molecular complexity index is 1100. The molecule has 3 aromatic rings. The number of hydrogen-bond acceptors (Lipinski definition) is 4. The van der Waals surface area contributed by atoms with Crippen molar-refractivity contribution in [2.75, 3.05) is 13.2 Å². The summed E-state index contributed by atoms with van der Waals surface area (Å²) >= 11 is 0. The van der Waals surface area contributed by atoms with E-state index in [1.165, 1.54) is 0 Å². The monoisotopic (exact) mass is 423 g/mol. The Balaban J connectivity index is 1.81. The summed E-state index contributed by atoms with van der Waals surface area (Å²) in [5, 5.41) is 0. The van der Waals surface area contributed by atoms with Crippen molar-refractivity contribution in [3.8, 4) is 11.1 Å². The van der Waals surface area contributed by atoms with Crippen LogP contribution in [0.15, 0.2) is 35.3 Å². The molecule has 1 aliphatic heterocycles. The van der Waals surface area contributed by atoms with Crippen molar-refractivity contribution in [2.45, 2.75) is 65.2 Å². The molecule has 0 amide bonds. The maximum atomic E-state index is 12.1. The smallest absolute Gasteiger partial charge is 0.253 e. The van der Waals surface area contributed by atoms with Gasteiger partial charge in [-0.25, -0.2) is 4.98 Å². The summed E-state index contributed by atoms with van der Waals surface area (Å²) in [4.78, 5) is 17.2. The standard InChI is InChI=1S/C25H33N3O3/c1-16(2)31-18(4)14-28-23-13-20(21-12-17(3)25(29)27(5)15-21)6-7-22(23)26-24(28)19-8-10-30-11-9-19/h6-7,12-13,15-16,18-19H,8-11,14H2,1-5H3. The molecule has 31 heavy (non-hydrogen) atoms. The number of fused-ring (bicyclic) bond motifs is 1. The van der Waals surface area contributed by atoms with Gasteiger partial charge in [0.1, 0.15) is 5.82 Å². The third kappa shape index (κ3) is 4.60. The predicted octanol–water partition coefficient (Wildman–Crippen LogP) is 4.42. The molecule has 3 heterocycles. The quantitative estimate of drug-likeness (QED) is 0.589. The largest absolute Gasteiger partial charge is 0.381 e. The third-order valence-corrected chi connectivity index (χ3v) is 6.00. The highest BCUT2D eigenvalue weighted by Gasteiger charge is 2.24. The molecule has 1 aliphatic rings. The minimum Gasteiger partial charge on any atom is -0.381 e. The fourth-order valence-electron chi connectivity index (χ4n) is 4.58. The number of ether oxygens (including phenoxy) is 2. The van der Waals surface area contributed by atoms with Crippen LogP contribution in [-0.2, 0) is 23.1 Å². The normalized spacial score (nSPS) is 16.3. The van der Waals surface area contributed by atoms with Gasteiger partial charge in [0.15, 0.2) is 0 Å². The Morgan fingerprint density at radius 2 is 1.90 bits per heavy atom. The summed E-state index contributed by atoms with van der Waals surface area (Å²) in [6.45, 7) is 10.5. The first-order chi connectivity index (χ1) is 14.8. The maximum Gasteiger partial charge on any atom is 0.253 e. The lowest BCUT2D eigenvalue weighted by molar-refractivity contribution is 0.00923. The van der Waals surface area contributed by atoms with E-state index in [0.29, 0.717) is 5.92 Å². The van der Waals surface area contributed by atoms with Crippen LogP contribution in [0.25, 0.3) is 22.2 Å². The summed E-state index contributed by atoms with van der Waals surface area (Å²) in [5.41, 5.74) is 5.02. The highest BCUT2D eigenvalue weighted by molar-refractivity contribution is 5.82. The van der Waals surface area contributed by atoms with Gasteiger partial charge in [-0.3, -0.25) is 4.79 Å². The first-order valence-electron chi connectivity index (χ1n) is 11.2. The van der Waals surface area contributed by atoms with Crippen molar-refractivity contribution >= 4 is 11.0 Å². The number of imidazole rings is 1. The zero-order valence-corrected chi connectivity index (χ0v) is 19.2. The van der Waals surface area contributed by atoms with E-state index in [2.05, 4.69) is 43.5 Å². The van der Waals surface area contributed by atoms with Crippen LogP contribution in [0, 0.1) is 6.92 Å². The molecule has 2 aromatic heterocycles. The first-order valence-corrected chi connectivity index (χ1v) is 11.2. The first kappa shape index (κ1) is 21.8. The molecule has 166 valence electrons.